The maximum atomic E-state index is 12.4. The maximum absolute atomic E-state index is 12.4. The third-order valence-corrected chi connectivity index (χ3v) is 3.87. The van der Waals surface area contributed by atoms with E-state index in [1.165, 1.54) is 0 Å². The molecule has 3 aromatic rings. The number of hydrogen-bond donors (Lipinski definition) is 2. The summed E-state index contributed by atoms with van der Waals surface area (Å²) in [4.78, 5) is 12.4. The molecule has 2 N–H and O–H groups in total. The van der Waals surface area contributed by atoms with Gasteiger partial charge in [-0.15, -0.1) is 0 Å². The zero-order chi connectivity index (χ0) is 17.1. The number of rotatable bonds is 5. The number of aromatic nitrogens is 2. The molecule has 0 bridgehead atoms. The minimum atomic E-state index is -0.127. The fourth-order valence-electron chi connectivity index (χ4n) is 2.64. The van der Waals surface area contributed by atoms with Crippen molar-refractivity contribution in [3.63, 3.8) is 0 Å². The van der Waals surface area contributed by atoms with Gasteiger partial charge in [0, 0.05) is 16.6 Å². The SMILES string of the molecule is COc1cc(CC(=O)Nc2ccc3cn[nH]c3c2)c(OC)cc1C. The summed E-state index contributed by atoms with van der Waals surface area (Å²) in [6.45, 7) is 1.94. The lowest BCUT2D eigenvalue weighted by molar-refractivity contribution is -0.115. The molecule has 124 valence electrons. The van der Waals surface area contributed by atoms with E-state index in [-0.39, 0.29) is 12.3 Å². The summed E-state index contributed by atoms with van der Waals surface area (Å²) in [6, 6.07) is 9.32. The number of aromatic amines is 1. The number of carbonyl (C=O) groups is 1. The van der Waals surface area contributed by atoms with Gasteiger partial charge in [-0.2, -0.15) is 5.10 Å². The maximum Gasteiger partial charge on any atom is 0.228 e. The lowest BCUT2D eigenvalue weighted by Crippen LogP contribution is -2.15. The predicted octanol–water partition coefficient (Wildman–Crippen LogP) is 3.07. The number of fused-ring (bicyclic) bond motifs is 1. The molecular formula is C18H19N3O3. The highest BCUT2D eigenvalue weighted by Gasteiger charge is 2.13. The monoisotopic (exact) mass is 325 g/mol. The Morgan fingerprint density at radius 3 is 2.71 bits per heavy atom. The van der Waals surface area contributed by atoms with Gasteiger partial charge < -0.3 is 14.8 Å². The van der Waals surface area contributed by atoms with E-state index in [4.69, 9.17) is 9.47 Å². The lowest BCUT2D eigenvalue weighted by atomic mass is 10.1. The van der Waals surface area contributed by atoms with E-state index in [0.29, 0.717) is 5.75 Å². The van der Waals surface area contributed by atoms with Crippen molar-refractivity contribution >= 4 is 22.5 Å². The molecule has 0 unspecified atom stereocenters. The normalized spacial score (nSPS) is 10.6. The molecule has 0 saturated heterocycles. The third-order valence-electron chi connectivity index (χ3n) is 3.87. The van der Waals surface area contributed by atoms with Gasteiger partial charge in [0.25, 0.3) is 0 Å². The molecule has 1 amide bonds. The highest BCUT2D eigenvalue weighted by atomic mass is 16.5. The van der Waals surface area contributed by atoms with Crippen LogP contribution in [0.2, 0.25) is 0 Å². The second-order valence-corrected chi connectivity index (χ2v) is 5.53. The Hall–Kier alpha value is -3.02. The van der Waals surface area contributed by atoms with Crippen molar-refractivity contribution in [3.05, 3.63) is 47.7 Å². The summed E-state index contributed by atoms with van der Waals surface area (Å²) < 4.78 is 10.7. The predicted molar refractivity (Wildman–Crippen MR) is 92.7 cm³/mol. The summed E-state index contributed by atoms with van der Waals surface area (Å²) in [7, 11) is 3.20. The number of nitrogens with zero attached hydrogens (tertiary/aromatic N) is 1. The highest BCUT2D eigenvalue weighted by Crippen LogP contribution is 2.29. The molecular weight excluding hydrogens is 306 g/mol. The van der Waals surface area contributed by atoms with Crippen LogP contribution in [0.5, 0.6) is 11.5 Å². The quantitative estimate of drug-likeness (QED) is 0.756. The van der Waals surface area contributed by atoms with E-state index in [1.54, 1.807) is 20.4 Å². The smallest absolute Gasteiger partial charge is 0.228 e. The summed E-state index contributed by atoms with van der Waals surface area (Å²) in [5.74, 6) is 1.28. The first-order valence-electron chi connectivity index (χ1n) is 7.55. The van der Waals surface area contributed by atoms with Gasteiger partial charge >= 0.3 is 0 Å². The first-order chi connectivity index (χ1) is 11.6. The Labute approximate surface area is 139 Å². The third kappa shape index (κ3) is 3.17. The molecule has 1 heterocycles. The minimum absolute atomic E-state index is 0.127. The Kier molecular flexibility index (Phi) is 4.37. The second-order valence-electron chi connectivity index (χ2n) is 5.53. The van der Waals surface area contributed by atoms with Crippen LogP contribution in [0.4, 0.5) is 5.69 Å². The van der Waals surface area contributed by atoms with Crippen LogP contribution in [0.3, 0.4) is 0 Å². The zero-order valence-electron chi connectivity index (χ0n) is 13.8. The van der Waals surface area contributed by atoms with Gasteiger partial charge in [0.05, 0.1) is 32.4 Å². The van der Waals surface area contributed by atoms with E-state index in [2.05, 4.69) is 15.5 Å². The van der Waals surface area contributed by atoms with E-state index >= 15 is 0 Å². The molecule has 0 aliphatic rings. The number of anilines is 1. The van der Waals surface area contributed by atoms with Crippen LogP contribution in [0.25, 0.3) is 10.9 Å². The standard InChI is InChI=1S/C18H19N3O3/c1-11-6-17(24-3)13(7-16(11)23-2)8-18(22)20-14-5-4-12-10-19-21-15(12)9-14/h4-7,9-10H,8H2,1-3H3,(H,19,21)(H,20,22). The molecule has 0 saturated carbocycles. The molecule has 3 rings (SSSR count). The molecule has 0 radical (unpaired) electrons. The molecule has 0 aliphatic heterocycles. The molecule has 6 nitrogen and oxygen atoms in total. The van der Waals surface area contributed by atoms with E-state index < -0.39 is 0 Å². The van der Waals surface area contributed by atoms with Crippen molar-refractivity contribution in [2.24, 2.45) is 0 Å². The molecule has 0 atom stereocenters. The van der Waals surface area contributed by atoms with Crippen LogP contribution in [-0.2, 0) is 11.2 Å². The number of carbonyl (C=O) groups excluding carboxylic acids is 1. The topological polar surface area (TPSA) is 76.2 Å². The fourth-order valence-corrected chi connectivity index (χ4v) is 2.64. The number of amides is 1. The molecule has 24 heavy (non-hydrogen) atoms. The van der Waals surface area contributed by atoms with Crippen LogP contribution in [0.15, 0.2) is 36.5 Å². The average molecular weight is 325 g/mol. The molecule has 2 aromatic carbocycles. The molecule has 0 aliphatic carbocycles. The average Bonchev–Trinajstić information content (AvgIpc) is 3.03. The van der Waals surface area contributed by atoms with Crippen LogP contribution in [-0.4, -0.2) is 30.3 Å². The van der Waals surface area contributed by atoms with Gasteiger partial charge in [0.15, 0.2) is 0 Å². The van der Waals surface area contributed by atoms with E-state index in [9.17, 15) is 4.79 Å². The lowest BCUT2D eigenvalue weighted by Gasteiger charge is -2.13. The molecule has 0 fully saturated rings. The largest absolute Gasteiger partial charge is 0.496 e. The van der Waals surface area contributed by atoms with Crippen molar-refractivity contribution < 1.29 is 14.3 Å². The van der Waals surface area contributed by atoms with Crippen molar-refractivity contribution in [1.82, 2.24) is 10.2 Å². The number of nitrogens with one attached hydrogen (secondary N) is 2. The Bertz CT molecular complexity index is 886. The summed E-state index contributed by atoms with van der Waals surface area (Å²) >= 11 is 0. The van der Waals surface area contributed by atoms with Crippen molar-refractivity contribution in [2.75, 3.05) is 19.5 Å². The number of benzene rings is 2. The zero-order valence-corrected chi connectivity index (χ0v) is 13.8. The van der Waals surface area contributed by atoms with E-state index in [1.807, 2.05) is 37.3 Å². The number of ether oxygens (including phenoxy) is 2. The Morgan fingerprint density at radius 2 is 1.96 bits per heavy atom. The van der Waals surface area contributed by atoms with Crippen LogP contribution in [0.1, 0.15) is 11.1 Å². The number of hydrogen-bond acceptors (Lipinski definition) is 4. The van der Waals surface area contributed by atoms with Gasteiger partial charge in [-0.05, 0) is 42.8 Å². The van der Waals surface area contributed by atoms with Gasteiger partial charge in [0.1, 0.15) is 11.5 Å². The first-order valence-corrected chi connectivity index (χ1v) is 7.55. The van der Waals surface area contributed by atoms with Crippen LogP contribution in [0, 0.1) is 6.92 Å². The van der Waals surface area contributed by atoms with E-state index in [0.717, 1.165) is 33.5 Å². The molecule has 0 spiro atoms. The first kappa shape index (κ1) is 15.9. The number of aryl methyl sites for hydroxylation is 1. The number of methoxy groups -OCH3 is 2. The summed E-state index contributed by atoms with van der Waals surface area (Å²) in [6.07, 6.45) is 1.94. The van der Waals surface area contributed by atoms with Gasteiger partial charge in [-0.3, -0.25) is 9.89 Å². The van der Waals surface area contributed by atoms with Crippen LogP contribution < -0.4 is 14.8 Å². The Morgan fingerprint density at radius 1 is 1.17 bits per heavy atom. The highest BCUT2D eigenvalue weighted by molar-refractivity contribution is 5.94. The van der Waals surface area contributed by atoms with Gasteiger partial charge in [-0.1, -0.05) is 0 Å². The van der Waals surface area contributed by atoms with Crippen molar-refractivity contribution in [1.29, 1.82) is 0 Å². The summed E-state index contributed by atoms with van der Waals surface area (Å²) in [5, 5.41) is 10.7. The van der Waals surface area contributed by atoms with Gasteiger partial charge in [0.2, 0.25) is 5.91 Å². The Balaban J connectivity index is 1.78. The van der Waals surface area contributed by atoms with Crippen molar-refractivity contribution in [3.8, 4) is 11.5 Å². The van der Waals surface area contributed by atoms with Crippen LogP contribution >= 0.6 is 0 Å². The minimum Gasteiger partial charge on any atom is -0.496 e. The molecule has 6 heteroatoms. The fraction of sp³-hybridized carbons (Fsp3) is 0.222. The second kappa shape index (κ2) is 6.62. The summed E-state index contributed by atoms with van der Waals surface area (Å²) in [5.41, 5.74) is 3.33. The van der Waals surface area contributed by atoms with Crippen molar-refractivity contribution in [2.45, 2.75) is 13.3 Å². The van der Waals surface area contributed by atoms with Gasteiger partial charge in [-0.25, -0.2) is 0 Å². The molecule has 1 aromatic heterocycles. The number of H-pyrrole nitrogens is 1.